The number of benzene rings is 1. The Morgan fingerprint density at radius 3 is 1.62 bits per heavy atom. The number of rotatable bonds is 3. The summed E-state index contributed by atoms with van der Waals surface area (Å²) in [4.78, 5) is 32.9. The second-order valence-electron chi connectivity index (χ2n) is 2.94. The van der Waals surface area contributed by atoms with Crippen LogP contribution in [0.3, 0.4) is 0 Å². The van der Waals surface area contributed by atoms with Crippen molar-refractivity contribution in [3.8, 4) is 0 Å². The number of nitrogens with two attached hydrogens (primary N) is 2. The van der Waals surface area contributed by atoms with Crippen LogP contribution in [0.4, 0.5) is 0 Å². The molecule has 0 heterocycles. The first-order valence-electron chi connectivity index (χ1n) is 4.12. The van der Waals surface area contributed by atoms with E-state index in [4.69, 9.17) is 17.0 Å². The highest BCUT2D eigenvalue weighted by Crippen LogP contribution is 2.11. The standard InChI is InChI=1S/C9H8N4O3/c10-7(14)4-1-5(8(11)15)3-6(2-4)9(16)13-12/h1-3,12H,(H2,10,14)(H2,11,15). The Balaban J connectivity index is 3.40. The zero-order chi connectivity index (χ0) is 12.3. The maximum atomic E-state index is 11.1. The highest BCUT2D eigenvalue weighted by molar-refractivity contribution is 6.03. The van der Waals surface area contributed by atoms with Gasteiger partial charge in [-0.25, -0.2) is 5.53 Å². The highest BCUT2D eigenvalue weighted by atomic mass is 16.2. The van der Waals surface area contributed by atoms with Crippen LogP contribution in [-0.2, 0) is 0 Å². The first-order valence-corrected chi connectivity index (χ1v) is 4.12. The Kier molecular flexibility index (Phi) is 3.09. The fourth-order valence-corrected chi connectivity index (χ4v) is 1.10. The molecule has 7 heteroatoms. The van der Waals surface area contributed by atoms with Gasteiger partial charge >= 0.3 is 0 Å². The summed E-state index contributed by atoms with van der Waals surface area (Å²) in [5, 5.41) is 2.67. The van der Waals surface area contributed by atoms with Crippen molar-refractivity contribution >= 4 is 17.7 Å². The van der Waals surface area contributed by atoms with E-state index in [9.17, 15) is 14.4 Å². The maximum absolute atomic E-state index is 11.1. The predicted octanol–water partition coefficient (Wildman–Crippen LogP) is 0.0556. The third-order valence-electron chi connectivity index (χ3n) is 1.85. The van der Waals surface area contributed by atoms with Crippen molar-refractivity contribution in [2.24, 2.45) is 16.6 Å². The van der Waals surface area contributed by atoms with E-state index in [1.54, 1.807) is 0 Å². The Morgan fingerprint density at radius 1 is 0.938 bits per heavy atom. The highest BCUT2D eigenvalue weighted by Gasteiger charge is 2.12. The van der Waals surface area contributed by atoms with Crippen molar-refractivity contribution in [2.45, 2.75) is 0 Å². The second-order valence-corrected chi connectivity index (χ2v) is 2.94. The molecule has 3 amide bonds. The average Bonchev–Trinajstić information content (AvgIpc) is 2.27. The van der Waals surface area contributed by atoms with Crippen molar-refractivity contribution in [3.05, 3.63) is 34.9 Å². The molecule has 16 heavy (non-hydrogen) atoms. The molecular weight excluding hydrogens is 212 g/mol. The average molecular weight is 220 g/mol. The number of hydrogen-bond acceptors (Lipinski definition) is 4. The number of carbonyl (C=O) groups is 3. The molecule has 1 aromatic carbocycles. The Morgan fingerprint density at radius 2 is 1.31 bits per heavy atom. The van der Waals surface area contributed by atoms with Gasteiger partial charge in [-0.2, -0.15) is 0 Å². The van der Waals surface area contributed by atoms with Gasteiger partial charge in [0, 0.05) is 16.7 Å². The molecule has 1 aromatic rings. The van der Waals surface area contributed by atoms with Crippen LogP contribution in [-0.4, -0.2) is 17.7 Å². The van der Waals surface area contributed by atoms with Gasteiger partial charge in [-0.1, -0.05) is 0 Å². The minimum atomic E-state index is -0.884. The number of amides is 3. The molecule has 0 aliphatic heterocycles. The minimum Gasteiger partial charge on any atom is -0.366 e. The van der Waals surface area contributed by atoms with Gasteiger partial charge in [0.15, 0.2) is 0 Å². The van der Waals surface area contributed by atoms with E-state index in [-0.39, 0.29) is 16.7 Å². The fourth-order valence-electron chi connectivity index (χ4n) is 1.10. The first-order chi connectivity index (χ1) is 7.45. The third-order valence-corrected chi connectivity index (χ3v) is 1.85. The molecule has 0 aliphatic rings. The normalized spacial score (nSPS) is 9.50. The lowest BCUT2D eigenvalue weighted by Crippen LogP contribution is -2.16. The van der Waals surface area contributed by atoms with Crippen molar-refractivity contribution in [1.29, 1.82) is 5.53 Å². The van der Waals surface area contributed by atoms with Gasteiger partial charge < -0.3 is 11.5 Å². The molecule has 0 fully saturated rings. The van der Waals surface area contributed by atoms with E-state index in [0.29, 0.717) is 0 Å². The molecule has 0 spiro atoms. The number of primary amides is 2. The summed E-state index contributed by atoms with van der Waals surface area (Å²) in [6.45, 7) is 0. The van der Waals surface area contributed by atoms with Crippen molar-refractivity contribution in [3.63, 3.8) is 0 Å². The summed E-state index contributed by atoms with van der Waals surface area (Å²) < 4.78 is 0. The van der Waals surface area contributed by atoms with E-state index in [1.807, 2.05) is 0 Å². The van der Waals surface area contributed by atoms with Gasteiger partial charge in [-0.3, -0.25) is 14.4 Å². The van der Waals surface area contributed by atoms with Crippen LogP contribution < -0.4 is 11.5 Å². The molecule has 0 saturated heterocycles. The molecule has 0 unspecified atom stereocenters. The summed E-state index contributed by atoms with van der Waals surface area (Å²) in [5.74, 6) is -2.49. The SMILES string of the molecule is N=NC(=O)c1cc(C(N)=O)cc(C(N)=O)c1. The smallest absolute Gasteiger partial charge is 0.294 e. The lowest BCUT2D eigenvalue weighted by molar-refractivity contribution is 0.0990. The Hall–Kier alpha value is -2.57. The molecule has 0 atom stereocenters. The third kappa shape index (κ3) is 2.27. The predicted molar refractivity (Wildman–Crippen MR) is 53.0 cm³/mol. The van der Waals surface area contributed by atoms with Crippen LogP contribution in [0.2, 0.25) is 0 Å². The summed E-state index contributed by atoms with van der Waals surface area (Å²) >= 11 is 0. The van der Waals surface area contributed by atoms with Gasteiger partial charge in [-0.05, 0) is 18.2 Å². The minimum absolute atomic E-state index is 0.0386. The number of hydrogen-bond donors (Lipinski definition) is 3. The zero-order valence-electron chi connectivity index (χ0n) is 8.06. The lowest BCUT2D eigenvalue weighted by Gasteiger charge is -2.02. The molecule has 82 valence electrons. The van der Waals surface area contributed by atoms with Gasteiger partial charge in [0.25, 0.3) is 5.91 Å². The van der Waals surface area contributed by atoms with E-state index in [2.05, 4.69) is 5.11 Å². The van der Waals surface area contributed by atoms with Crippen molar-refractivity contribution < 1.29 is 14.4 Å². The number of carbonyl (C=O) groups excluding carboxylic acids is 3. The largest absolute Gasteiger partial charge is 0.366 e. The molecule has 5 N–H and O–H groups in total. The van der Waals surface area contributed by atoms with Crippen molar-refractivity contribution in [2.75, 3.05) is 0 Å². The van der Waals surface area contributed by atoms with Gasteiger partial charge in [0.2, 0.25) is 11.8 Å². The topological polar surface area (TPSA) is 139 Å². The first kappa shape index (κ1) is 11.5. The number of nitrogens with one attached hydrogen (secondary N) is 1. The van der Waals surface area contributed by atoms with Crippen LogP contribution in [0.15, 0.2) is 23.3 Å². The zero-order valence-corrected chi connectivity index (χ0v) is 8.06. The van der Waals surface area contributed by atoms with E-state index < -0.39 is 17.7 Å². The fraction of sp³-hybridized carbons (Fsp3) is 0. The van der Waals surface area contributed by atoms with Crippen LogP contribution in [0.5, 0.6) is 0 Å². The summed E-state index contributed by atoms with van der Waals surface area (Å²) in [6.07, 6.45) is 0. The summed E-state index contributed by atoms with van der Waals surface area (Å²) in [5.41, 5.74) is 16.4. The lowest BCUT2D eigenvalue weighted by atomic mass is 10.0. The molecular formula is C9H8N4O3. The summed E-state index contributed by atoms with van der Waals surface area (Å²) in [6, 6.07) is 3.47. The molecule has 0 aromatic heterocycles. The quantitative estimate of drug-likeness (QED) is 0.620. The molecule has 1 rings (SSSR count). The molecule has 7 nitrogen and oxygen atoms in total. The van der Waals surface area contributed by atoms with E-state index in [1.165, 1.54) is 6.07 Å². The van der Waals surface area contributed by atoms with Gasteiger partial charge in [0.1, 0.15) is 0 Å². The van der Waals surface area contributed by atoms with Gasteiger partial charge in [-0.15, -0.1) is 5.11 Å². The van der Waals surface area contributed by atoms with Crippen LogP contribution in [0.25, 0.3) is 0 Å². The molecule has 0 saturated carbocycles. The van der Waals surface area contributed by atoms with E-state index >= 15 is 0 Å². The van der Waals surface area contributed by atoms with E-state index in [0.717, 1.165) is 12.1 Å². The molecule has 0 radical (unpaired) electrons. The van der Waals surface area contributed by atoms with Crippen molar-refractivity contribution in [1.82, 2.24) is 0 Å². The maximum Gasteiger partial charge on any atom is 0.294 e. The summed E-state index contributed by atoms with van der Waals surface area (Å²) in [7, 11) is 0. The van der Waals surface area contributed by atoms with Crippen LogP contribution >= 0.6 is 0 Å². The monoisotopic (exact) mass is 220 g/mol. The van der Waals surface area contributed by atoms with Crippen LogP contribution in [0.1, 0.15) is 31.1 Å². The Bertz CT molecular complexity index is 463. The van der Waals surface area contributed by atoms with Crippen LogP contribution in [0, 0.1) is 5.53 Å². The Labute approximate surface area is 89.9 Å². The molecule has 0 aliphatic carbocycles. The van der Waals surface area contributed by atoms with Gasteiger partial charge in [0.05, 0.1) is 0 Å². The molecule has 0 bridgehead atoms. The number of nitrogens with zero attached hydrogens (tertiary/aromatic N) is 1. The second kappa shape index (κ2) is 4.30.